The zero-order chi connectivity index (χ0) is 17.4. The lowest BCUT2D eigenvalue weighted by atomic mass is 10.0. The molecule has 0 N–H and O–H groups in total. The Kier molecular flexibility index (Phi) is 3.99. The number of imidazole rings is 1. The second kappa shape index (κ2) is 6.31. The van der Waals surface area contributed by atoms with Gasteiger partial charge in [0.05, 0.1) is 23.4 Å². The molecule has 0 bridgehead atoms. The Morgan fingerprint density at radius 2 is 2.12 bits per heavy atom. The first-order chi connectivity index (χ1) is 12.1. The third-order valence-electron chi connectivity index (χ3n) is 4.95. The van der Waals surface area contributed by atoms with Crippen LogP contribution in [-0.4, -0.2) is 38.4 Å². The third-order valence-corrected chi connectivity index (χ3v) is 4.95. The molecule has 1 amide bonds. The van der Waals surface area contributed by atoms with E-state index in [9.17, 15) is 4.79 Å². The molecule has 1 aromatic carbocycles. The van der Waals surface area contributed by atoms with E-state index in [0.29, 0.717) is 6.04 Å². The quantitative estimate of drug-likeness (QED) is 0.720. The smallest absolute Gasteiger partial charge is 0.254 e. The summed E-state index contributed by atoms with van der Waals surface area (Å²) in [5.74, 6) is 0.103. The molecule has 0 spiro atoms. The molecule has 2 aromatic heterocycles. The molecule has 25 heavy (non-hydrogen) atoms. The van der Waals surface area contributed by atoms with Gasteiger partial charge in [-0.3, -0.25) is 9.78 Å². The van der Waals surface area contributed by atoms with E-state index in [-0.39, 0.29) is 5.91 Å². The summed E-state index contributed by atoms with van der Waals surface area (Å²) in [6.45, 7) is 5.52. The topological polar surface area (TPSA) is 51.0 Å². The molecule has 3 aromatic rings. The summed E-state index contributed by atoms with van der Waals surface area (Å²) < 4.78 is 2.11. The standard InChI is InChI=1S/C20H22N4O/c1-14-5-6-19-17(10-14)18(11-15(2)22-19)20(25)23-8-3-4-16(12-23)24-9-7-21-13-24/h5-7,9-11,13,16H,3-4,8,12H2,1-2H3/t16-/m0/s1. The second-order valence-electron chi connectivity index (χ2n) is 6.89. The summed E-state index contributed by atoms with van der Waals surface area (Å²) in [5, 5.41) is 0.945. The van der Waals surface area contributed by atoms with Gasteiger partial charge in [0.15, 0.2) is 0 Å². The van der Waals surface area contributed by atoms with Gasteiger partial charge >= 0.3 is 0 Å². The van der Waals surface area contributed by atoms with Crippen molar-refractivity contribution in [2.24, 2.45) is 0 Å². The van der Waals surface area contributed by atoms with Crippen LogP contribution in [0.5, 0.6) is 0 Å². The first-order valence-corrected chi connectivity index (χ1v) is 8.76. The van der Waals surface area contributed by atoms with Crippen molar-refractivity contribution >= 4 is 16.8 Å². The molecule has 1 aliphatic rings. The highest BCUT2D eigenvalue weighted by Crippen LogP contribution is 2.26. The molecule has 5 heteroatoms. The SMILES string of the molecule is Cc1ccc2nc(C)cc(C(=O)N3CCC[C@H](n4ccnc4)C3)c2c1. The van der Waals surface area contributed by atoms with Crippen molar-refractivity contribution in [3.05, 3.63) is 59.8 Å². The summed E-state index contributed by atoms with van der Waals surface area (Å²) in [4.78, 5) is 24.0. The Labute approximate surface area is 147 Å². The fourth-order valence-corrected chi connectivity index (χ4v) is 3.69. The molecule has 5 nitrogen and oxygen atoms in total. The molecule has 0 unspecified atom stereocenters. The summed E-state index contributed by atoms with van der Waals surface area (Å²) in [6, 6.07) is 8.32. The van der Waals surface area contributed by atoms with Crippen LogP contribution in [0.4, 0.5) is 0 Å². The van der Waals surface area contributed by atoms with Gasteiger partial charge in [-0.25, -0.2) is 4.98 Å². The largest absolute Gasteiger partial charge is 0.337 e. The molecule has 0 saturated carbocycles. The monoisotopic (exact) mass is 334 g/mol. The predicted molar refractivity (Wildman–Crippen MR) is 97.6 cm³/mol. The molecule has 128 valence electrons. The van der Waals surface area contributed by atoms with Crippen molar-refractivity contribution in [1.82, 2.24) is 19.4 Å². The summed E-state index contributed by atoms with van der Waals surface area (Å²) in [5.41, 5.74) is 3.67. The van der Waals surface area contributed by atoms with E-state index in [1.807, 2.05) is 49.5 Å². The maximum Gasteiger partial charge on any atom is 0.254 e. The summed E-state index contributed by atoms with van der Waals surface area (Å²) >= 11 is 0. The van der Waals surface area contributed by atoms with E-state index in [4.69, 9.17) is 0 Å². The number of aromatic nitrogens is 3. The molecule has 1 fully saturated rings. The molecule has 1 aliphatic heterocycles. The molecule has 0 aliphatic carbocycles. The predicted octanol–water partition coefficient (Wildman–Crippen LogP) is 3.53. The molecule has 1 atom stereocenters. The van der Waals surface area contributed by atoms with Gasteiger partial charge in [0.1, 0.15) is 0 Å². The fourth-order valence-electron chi connectivity index (χ4n) is 3.69. The Hall–Kier alpha value is -2.69. The van der Waals surface area contributed by atoms with Crippen molar-refractivity contribution in [2.45, 2.75) is 32.7 Å². The lowest BCUT2D eigenvalue weighted by Gasteiger charge is -2.33. The Morgan fingerprint density at radius 1 is 1.24 bits per heavy atom. The highest BCUT2D eigenvalue weighted by atomic mass is 16.2. The second-order valence-corrected chi connectivity index (χ2v) is 6.89. The van der Waals surface area contributed by atoms with Crippen molar-refractivity contribution in [3.8, 4) is 0 Å². The number of piperidine rings is 1. The number of aryl methyl sites for hydroxylation is 2. The average Bonchev–Trinajstić information content (AvgIpc) is 3.16. The number of carbonyl (C=O) groups excluding carboxylic acids is 1. The van der Waals surface area contributed by atoms with Crippen molar-refractivity contribution in [1.29, 1.82) is 0 Å². The Balaban J connectivity index is 1.68. The van der Waals surface area contributed by atoms with Crippen LogP contribution < -0.4 is 0 Å². The van der Waals surface area contributed by atoms with Gasteiger partial charge in [-0.1, -0.05) is 11.6 Å². The van der Waals surface area contributed by atoms with E-state index in [1.165, 1.54) is 0 Å². The van der Waals surface area contributed by atoms with Gasteiger partial charge in [-0.05, 0) is 44.9 Å². The minimum atomic E-state index is 0.103. The van der Waals surface area contributed by atoms with Crippen LogP contribution in [0.1, 0.15) is 40.5 Å². The zero-order valence-corrected chi connectivity index (χ0v) is 14.6. The van der Waals surface area contributed by atoms with Gasteiger partial charge in [0.25, 0.3) is 5.91 Å². The van der Waals surface area contributed by atoms with Crippen LogP contribution in [0, 0.1) is 13.8 Å². The number of likely N-dealkylation sites (tertiary alicyclic amines) is 1. The lowest BCUT2D eigenvalue weighted by molar-refractivity contribution is 0.0681. The van der Waals surface area contributed by atoms with Gasteiger partial charge in [0, 0.05) is 36.6 Å². The van der Waals surface area contributed by atoms with E-state index in [1.54, 1.807) is 6.20 Å². The maximum absolute atomic E-state index is 13.3. The van der Waals surface area contributed by atoms with Crippen molar-refractivity contribution < 1.29 is 4.79 Å². The number of amides is 1. The van der Waals surface area contributed by atoms with Crippen LogP contribution in [0.25, 0.3) is 10.9 Å². The lowest BCUT2D eigenvalue weighted by Crippen LogP contribution is -2.40. The molecular formula is C20H22N4O. The van der Waals surface area contributed by atoms with Crippen molar-refractivity contribution in [2.75, 3.05) is 13.1 Å². The summed E-state index contributed by atoms with van der Waals surface area (Å²) in [7, 11) is 0. The van der Waals surface area contributed by atoms with Gasteiger partial charge < -0.3 is 9.47 Å². The first-order valence-electron chi connectivity index (χ1n) is 8.76. The number of nitrogens with zero attached hydrogens (tertiary/aromatic N) is 4. The molecule has 0 radical (unpaired) electrons. The number of fused-ring (bicyclic) bond motifs is 1. The normalized spacial score (nSPS) is 17.8. The Morgan fingerprint density at radius 3 is 2.92 bits per heavy atom. The molecular weight excluding hydrogens is 312 g/mol. The number of rotatable bonds is 2. The van der Waals surface area contributed by atoms with Gasteiger partial charge in [0.2, 0.25) is 0 Å². The van der Waals surface area contributed by atoms with Crippen LogP contribution in [-0.2, 0) is 0 Å². The van der Waals surface area contributed by atoms with Crippen LogP contribution in [0.15, 0.2) is 43.0 Å². The van der Waals surface area contributed by atoms with Crippen LogP contribution in [0.3, 0.4) is 0 Å². The number of benzene rings is 1. The maximum atomic E-state index is 13.3. The number of carbonyl (C=O) groups is 1. The van der Waals surface area contributed by atoms with Gasteiger partial charge in [-0.15, -0.1) is 0 Å². The number of hydrogen-bond donors (Lipinski definition) is 0. The van der Waals surface area contributed by atoms with E-state index >= 15 is 0 Å². The number of hydrogen-bond acceptors (Lipinski definition) is 3. The highest BCUT2D eigenvalue weighted by molar-refractivity contribution is 6.06. The fraction of sp³-hybridized carbons (Fsp3) is 0.350. The average molecular weight is 334 g/mol. The third kappa shape index (κ3) is 3.02. The minimum Gasteiger partial charge on any atom is -0.337 e. The summed E-state index contributed by atoms with van der Waals surface area (Å²) in [6.07, 6.45) is 7.70. The minimum absolute atomic E-state index is 0.103. The van der Waals surface area contributed by atoms with E-state index in [0.717, 1.165) is 53.7 Å². The van der Waals surface area contributed by atoms with Crippen LogP contribution >= 0.6 is 0 Å². The van der Waals surface area contributed by atoms with E-state index in [2.05, 4.69) is 20.6 Å². The van der Waals surface area contributed by atoms with E-state index < -0.39 is 0 Å². The first kappa shape index (κ1) is 15.8. The molecule has 1 saturated heterocycles. The molecule has 3 heterocycles. The molecule has 4 rings (SSSR count). The van der Waals surface area contributed by atoms with Gasteiger partial charge in [-0.2, -0.15) is 0 Å². The Bertz CT molecular complexity index is 917. The van der Waals surface area contributed by atoms with Crippen molar-refractivity contribution in [3.63, 3.8) is 0 Å². The van der Waals surface area contributed by atoms with Crippen LogP contribution in [0.2, 0.25) is 0 Å². The highest BCUT2D eigenvalue weighted by Gasteiger charge is 2.26. The zero-order valence-electron chi connectivity index (χ0n) is 14.6. The number of pyridine rings is 1.